The van der Waals surface area contributed by atoms with Gasteiger partial charge in [0, 0.05) is 26.2 Å². The van der Waals surface area contributed by atoms with E-state index >= 15 is 0 Å². The quantitative estimate of drug-likeness (QED) is 0.785. The average Bonchev–Trinajstić information content (AvgIpc) is 2.44. The molecule has 1 aromatic heterocycles. The maximum Gasteiger partial charge on any atom is 0.231 e. The van der Waals surface area contributed by atoms with Crippen LogP contribution in [0.15, 0.2) is 0 Å². The minimum atomic E-state index is 0.279. The molecule has 20 heavy (non-hydrogen) atoms. The van der Waals surface area contributed by atoms with Crippen molar-refractivity contribution >= 4 is 29.6 Å². The number of thioether (sulfide) groups is 1. The van der Waals surface area contributed by atoms with Gasteiger partial charge in [-0.2, -0.15) is 26.7 Å². The second-order valence-corrected chi connectivity index (χ2v) is 5.69. The monoisotopic (exact) mass is 298 g/mol. The first-order valence-electron chi connectivity index (χ1n) is 7.01. The second kappa shape index (κ2) is 8.14. The SMILES string of the molecule is CCN(CC)c1nc(N)nc(N(C)C(C)CCSC)n1. The fourth-order valence-electron chi connectivity index (χ4n) is 1.85. The molecule has 0 radical (unpaired) electrons. The average molecular weight is 298 g/mol. The number of anilines is 3. The summed E-state index contributed by atoms with van der Waals surface area (Å²) >= 11 is 1.85. The highest BCUT2D eigenvalue weighted by Crippen LogP contribution is 2.17. The molecule has 0 bridgehead atoms. The van der Waals surface area contributed by atoms with Gasteiger partial charge in [0.1, 0.15) is 0 Å². The molecule has 0 aliphatic heterocycles. The number of hydrogen-bond acceptors (Lipinski definition) is 7. The highest BCUT2D eigenvalue weighted by molar-refractivity contribution is 7.98. The maximum atomic E-state index is 5.83. The predicted molar refractivity (Wildman–Crippen MR) is 88.7 cm³/mol. The minimum absolute atomic E-state index is 0.279. The number of nitrogens with zero attached hydrogens (tertiary/aromatic N) is 5. The third kappa shape index (κ3) is 4.40. The first kappa shape index (κ1) is 16.8. The van der Waals surface area contributed by atoms with Crippen LogP contribution in [0.2, 0.25) is 0 Å². The molecule has 1 aromatic rings. The summed E-state index contributed by atoms with van der Waals surface area (Å²) in [6.45, 7) is 8.03. The summed E-state index contributed by atoms with van der Waals surface area (Å²) in [6.07, 6.45) is 3.20. The lowest BCUT2D eigenvalue weighted by Crippen LogP contribution is -2.32. The van der Waals surface area contributed by atoms with Crippen LogP contribution in [0.1, 0.15) is 27.2 Å². The lowest BCUT2D eigenvalue weighted by atomic mass is 10.2. The Morgan fingerprint density at radius 1 is 1.15 bits per heavy atom. The molecule has 0 aliphatic rings. The van der Waals surface area contributed by atoms with Crippen molar-refractivity contribution in [3.8, 4) is 0 Å². The van der Waals surface area contributed by atoms with Crippen molar-refractivity contribution in [2.45, 2.75) is 33.2 Å². The fourth-order valence-corrected chi connectivity index (χ4v) is 2.43. The third-order valence-corrected chi connectivity index (χ3v) is 4.04. The summed E-state index contributed by atoms with van der Waals surface area (Å²) in [6, 6.07) is 0.369. The molecule has 1 rings (SSSR count). The smallest absolute Gasteiger partial charge is 0.231 e. The summed E-state index contributed by atoms with van der Waals surface area (Å²) in [7, 11) is 2.01. The summed E-state index contributed by atoms with van der Waals surface area (Å²) < 4.78 is 0. The van der Waals surface area contributed by atoms with Gasteiger partial charge in [-0.3, -0.25) is 0 Å². The molecule has 1 atom stereocenters. The molecule has 0 amide bonds. The molecule has 0 aliphatic carbocycles. The van der Waals surface area contributed by atoms with Gasteiger partial charge in [0.15, 0.2) is 0 Å². The molecule has 0 aromatic carbocycles. The van der Waals surface area contributed by atoms with Crippen LogP contribution in [0.5, 0.6) is 0 Å². The molecule has 7 heteroatoms. The van der Waals surface area contributed by atoms with Crippen LogP contribution >= 0.6 is 11.8 Å². The summed E-state index contributed by atoms with van der Waals surface area (Å²) in [5.74, 6) is 2.70. The number of aromatic nitrogens is 3. The highest BCUT2D eigenvalue weighted by atomic mass is 32.2. The van der Waals surface area contributed by atoms with Gasteiger partial charge >= 0.3 is 0 Å². The minimum Gasteiger partial charge on any atom is -0.368 e. The molecule has 1 unspecified atom stereocenters. The van der Waals surface area contributed by atoms with Gasteiger partial charge in [-0.1, -0.05) is 0 Å². The number of rotatable bonds is 8. The summed E-state index contributed by atoms with van der Waals surface area (Å²) in [5, 5.41) is 0. The van der Waals surface area contributed by atoms with E-state index in [1.807, 2.05) is 18.8 Å². The van der Waals surface area contributed by atoms with Gasteiger partial charge in [0.25, 0.3) is 0 Å². The van der Waals surface area contributed by atoms with Crippen LogP contribution < -0.4 is 15.5 Å². The van der Waals surface area contributed by atoms with Crippen LogP contribution in [-0.2, 0) is 0 Å². The van der Waals surface area contributed by atoms with E-state index in [1.165, 1.54) is 0 Å². The van der Waals surface area contributed by atoms with E-state index in [0.717, 1.165) is 25.3 Å². The van der Waals surface area contributed by atoms with Crippen molar-refractivity contribution in [1.82, 2.24) is 15.0 Å². The molecule has 0 saturated carbocycles. The Balaban J connectivity index is 2.94. The molecule has 6 nitrogen and oxygen atoms in total. The molecular formula is C13H26N6S. The zero-order chi connectivity index (χ0) is 15.1. The van der Waals surface area contributed by atoms with Gasteiger partial charge in [0.2, 0.25) is 17.8 Å². The van der Waals surface area contributed by atoms with Crippen LogP contribution in [0.25, 0.3) is 0 Å². The number of nitrogen functional groups attached to an aromatic ring is 1. The molecule has 1 heterocycles. The normalized spacial score (nSPS) is 12.2. The Kier molecular flexibility index (Phi) is 6.84. The predicted octanol–water partition coefficient (Wildman–Crippen LogP) is 1.88. The maximum absolute atomic E-state index is 5.83. The van der Waals surface area contributed by atoms with Crippen LogP contribution in [0.4, 0.5) is 17.8 Å². The van der Waals surface area contributed by atoms with E-state index in [2.05, 4.69) is 51.8 Å². The zero-order valence-corrected chi connectivity index (χ0v) is 13.9. The van der Waals surface area contributed by atoms with Crippen molar-refractivity contribution in [3.63, 3.8) is 0 Å². The topological polar surface area (TPSA) is 71.2 Å². The molecule has 0 spiro atoms. The van der Waals surface area contributed by atoms with Crippen LogP contribution in [-0.4, -0.2) is 53.1 Å². The lowest BCUT2D eigenvalue weighted by molar-refractivity contribution is 0.650. The van der Waals surface area contributed by atoms with Gasteiger partial charge < -0.3 is 15.5 Å². The van der Waals surface area contributed by atoms with E-state index in [0.29, 0.717) is 17.9 Å². The Morgan fingerprint density at radius 2 is 1.75 bits per heavy atom. The lowest BCUT2D eigenvalue weighted by Gasteiger charge is -2.26. The fraction of sp³-hybridized carbons (Fsp3) is 0.769. The Labute approximate surface area is 126 Å². The second-order valence-electron chi connectivity index (χ2n) is 4.71. The van der Waals surface area contributed by atoms with E-state index in [4.69, 9.17) is 5.73 Å². The number of nitrogens with two attached hydrogens (primary N) is 1. The van der Waals surface area contributed by atoms with E-state index < -0.39 is 0 Å². The van der Waals surface area contributed by atoms with Gasteiger partial charge in [-0.15, -0.1) is 0 Å². The molecule has 0 saturated heterocycles. The molecule has 114 valence electrons. The third-order valence-electron chi connectivity index (χ3n) is 3.39. The van der Waals surface area contributed by atoms with Gasteiger partial charge in [0.05, 0.1) is 0 Å². The Bertz CT molecular complexity index is 410. The zero-order valence-electron chi connectivity index (χ0n) is 13.1. The van der Waals surface area contributed by atoms with Gasteiger partial charge in [-0.05, 0) is 39.2 Å². The Morgan fingerprint density at radius 3 is 2.30 bits per heavy atom. The summed E-state index contributed by atoms with van der Waals surface area (Å²) in [5.41, 5.74) is 5.83. The first-order chi connectivity index (χ1) is 9.53. The molecule has 0 fully saturated rings. The van der Waals surface area contributed by atoms with Crippen molar-refractivity contribution < 1.29 is 0 Å². The Hall–Kier alpha value is -1.24. The van der Waals surface area contributed by atoms with E-state index in [9.17, 15) is 0 Å². The highest BCUT2D eigenvalue weighted by Gasteiger charge is 2.16. The van der Waals surface area contributed by atoms with Crippen LogP contribution in [0, 0.1) is 0 Å². The van der Waals surface area contributed by atoms with Crippen molar-refractivity contribution in [1.29, 1.82) is 0 Å². The van der Waals surface area contributed by atoms with E-state index in [1.54, 1.807) is 0 Å². The number of hydrogen-bond donors (Lipinski definition) is 1. The molecular weight excluding hydrogens is 272 g/mol. The molecule has 2 N–H and O–H groups in total. The largest absolute Gasteiger partial charge is 0.368 e. The standard InChI is InChI=1S/C13H26N6S/c1-6-19(7-2)13-16-11(14)15-12(17-13)18(4)10(3)8-9-20-5/h10H,6-9H2,1-5H3,(H2,14,15,16,17). The van der Waals surface area contributed by atoms with E-state index in [-0.39, 0.29) is 5.95 Å². The van der Waals surface area contributed by atoms with Crippen molar-refractivity contribution in [2.24, 2.45) is 0 Å². The summed E-state index contributed by atoms with van der Waals surface area (Å²) in [4.78, 5) is 17.2. The first-order valence-corrected chi connectivity index (χ1v) is 8.41. The van der Waals surface area contributed by atoms with Crippen molar-refractivity contribution in [2.75, 3.05) is 47.7 Å². The van der Waals surface area contributed by atoms with Gasteiger partial charge in [-0.25, -0.2) is 0 Å². The van der Waals surface area contributed by atoms with Crippen molar-refractivity contribution in [3.05, 3.63) is 0 Å². The van der Waals surface area contributed by atoms with Crippen LogP contribution in [0.3, 0.4) is 0 Å².